The minimum atomic E-state index is -3.52. The summed E-state index contributed by atoms with van der Waals surface area (Å²) in [6.07, 6.45) is 2.26. The van der Waals surface area contributed by atoms with E-state index in [4.69, 9.17) is 10.5 Å². The van der Waals surface area contributed by atoms with Gasteiger partial charge in [0.2, 0.25) is 0 Å². The van der Waals surface area contributed by atoms with Crippen LogP contribution in [0.5, 0.6) is 0 Å². The van der Waals surface area contributed by atoms with Crippen molar-refractivity contribution >= 4 is 22.2 Å². The van der Waals surface area contributed by atoms with Gasteiger partial charge in [0.25, 0.3) is 10.0 Å². The van der Waals surface area contributed by atoms with E-state index in [1.165, 1.54) is 6.92 Å². The maximum absolute atomic E-state index is 11.7. The smallest absolute Gasteiger partial charge is 0.456 e. The molecular weight excluding hydrogens is 328 g/mol. The molecule has 0 saturated heterocycles. The Morgan fingerprint density at radius 2 is 2.13 bits per heavy atom. The minimum Gasteiger partial charge on any atom is -0.456 e. The zero-order valence-corrected chi connectivity index (χ0v) is 13.8. The highest BCUT2D eigenvalue weighted by atomic mass is 32.2. The van der Waals surface area contributed by atoms with Gasteiger partial charge in [0.1, 0.15) is 6.04 Å². The van der Waals surface area contributed by atoms with Gasteiger partial charge in [-0.1, -0.05) is 13.3 Å². The summed E-state index contributed by atoms with van der Waals surface area (Å²) in [5, 5.41) is 0. The maximum atomic E-state index is 11.7. The van der Waals surface area contributed by atoms with E-state index in [0.717, 1.165) is 12.6 Å². The van der Waals surface area contributed by atoms with Crippen LogP contribution in [-0.4, -0.2) is 32.4 Å². The highest BCUT2D eigenvalue weighted by Gasteiger charge is 2.17. The summed E-state index contributed by atoms with van der Waals surface area (Å²) in [6, 6.07) is -1.07. The van der Waals surface area contributed by atoms with Crippen LogP contribution in [-0.2, 0) is 26.2 Å². The second-order valence-corrected chi connectivity index (χ2v) is 6.59. The standard InChI is InChI=1S/C13H20N2O7S/c1-3-4-7-23(18,19)15-6-5-10(14)12(16)20-8-11-9(2)21-13(17)22-11/h6,10H,3-5,7-8,14H2,1-2H3/t10-/m0/s1. The van der Waals surface area contributed by atoms with Crippen molar-refractivity contribution in [3.05, 3.63) is 22.1 Å². The quantitative estimate of drug-likeness (QED) is 0.502. The van der Waals surface area contributed by atoms with E-state index in [2.05, 4.69) is 13.2 Å². The number of carbonyl (C=O) groups is 1. The minimum absolute atomic E-state index is 0.0432. The van der Waals surface area contributed by atoms with E-state index >= 15 is 0 Å². The van der Waals surface area contributed by atoms with Crippen LogP contribution in [0.15, 0.2) is 18.0 Å². The third-order valence-electron chi connectivity index (χ3n) is 2.83. The lowest BCUT2D eigenvalue weighted by Gasteiger charge is -2.08. The monoisotopic (exact) mass is 348 g/mol. The van der Waals surface area contributed by atoms with Crippen LogP contribution >= 0.6 is 0 Å². The van der Waals surface area contributed by atoms with Gasteiger partial charge in [-0.25, -0.2) is 13.2 Å². The number of nitrogens with two attached hydrogens (primary N) is 1. The molecule has 0 fully saturated rings. The number of ether oxygens (including phenoxy) is 1. The van der Waals surface area contributed by atoms with Gasteiger partial charge in [-0.15, -0.1) is 0 Å². The first kappa shape index (κ1) is 19.1. The Balaban J connectivity index is 2.45. The fraction of sp³-hybridized carbons (Fsp3) is 0.615. The van der Waals surface area contributed by atoms with Gasteiger partial charge in [0, 0.05) is 12.6 Å². The van der Waals surface area contributed by atoms with E-state index < -0.39 is 27.9 Å². The molecule has 0 aromatic carbocycles. The topological polar surface area (TPSA) is 142 Å². The Morgan fingerprint density at radius 1 is 1.43 bits per heavy atom. The number of hydrogen-bond acceptors (Lipinski definition) is 8. The number of sulfonamides is 1. The molecule has 1 rings (SSSR count). The molecule has 10 heteroatoms. The molecule has 0 radical (unpaired) electrons. The van der Waals surface area contributed by atoms with Crippen LogP contribution in [0.1, 0.15) is 37.7 Å². The SMILES string of the molecule is CCCCS(=O)(=O)N=CC[C@H](N)C(=O)OCc1oc(=O)oc1C. The molecule has 23 heavy (non-hydrogen) atoms. The molecule has 0 aliphatic carbocycles. The van der Waals surface area contributed by atoms with E-state index in [0.29, 0.717) is 6.42 Å². The van der Waals surface area contributed by atoms with Crippen molar-refractivity contribution in [2.75, 3.05) is 5.75 Å². The van der Waals surface area contributed by atoms with Crippen LogP contribution in [0.2, 0.25) is 0 Å². The molecule has 0 amide bonds. The molecule has 9 nitrogen and oxygen atoms in total. The van der Waals surface area contributed by atoms with E-state index in [9.17, 15) is 18.0 Å². The molecule has 0 spiro atoms. The van der Waals surface area contributed by atoms with Crippen molar-refractivity contribution < 1.29 is 26.8 Å². The Morgan fingerprint density at radius 3 is 2.70 bits per heavy atom. The largest absolute Gasteiger partial charge is 0.519 e. The zero-order chi connectivity index (χ0) is 17.5. The van der Waals surface area contributed by atoms with Crippen LogP contribution < -0.4 is 11.6 Å². The fourth-order valence-electron chi connectivity index (χ4n) is 1.50. The molecule has 130 valence electrons. The van der Waals surface area contributed by atoms with Gasteiger partial charge in [-0.2, -0.15) is 4.40 Å². The summed E-state index contributed by atoms with van der Waals surface area (Å²) in [4.78, 5) is 22.5. The average molecular weight is 348 g/mol. The second kappa shape index (κ2) is 8.63. The number of esters is 1. The summed E-state index contributed by atoms with van der Waals surface area (Å²) in [7, 11) is -3.52. The highest BCUT2D eigenvalue weighted by molar-refractivity contribution is 7.90. The van der Waals surface area contributed by atoms with Gasteiger partial charge >= 0.3 is 11.8 Å². The molecule has 1 aromatic heterocycles. The van der Waals surface area contributed by atoms with Crippen molar-refractivity contribution in [2.45, 2.75) is 45.8 Å². The van der Waals surface area contributed by atoms with E-state index in [1.807, 2.05) is 6.92 Å². The van der Waals surface area contributed by atoms with Crippen molar-refractivity contribution in [3.63, 3.8) is 0 Å². The van der Waals surface area contributed by atoms with Gasteiger partial charge in [0.15, 0.2) is 18.1 Å². The molecule has 0 saturated carbocycles. The lowest BCUT2D eigenvalue weighted by atomic mass is 10.2. The second-order valence-electron chi connectivity index (χ2n) is 4.81. The highest BCUT2D eigenvalue weighted by Crippen LogP contribution is 2.07. The van der Waals surface area contributed by atoms with Crippen molar-refractivity contribution in [2.24, 2.45) is 10.1 Å². The normalized spacial score (nSPS) is 13.3. The van der Waals surface area contributed by atoms with Crippen molar-refractivity contribution in [1.29, 1.82) is 0 Å². The predicted octanol–water partition coefficient (Wildman–Crippen LogP) is 0.503. The number of unbranched alkanes of at least 4 members (excludes halogenated alkanes) is 1. The van der Waals surface area contributed by atoms with Gasteiger partial charge < -0.3 is 19.3 Å². The first-order chi connectivity index (χ1) is 10.7. The van der Waals surface area contributed by atoms with Crippen molar-refractivity contribution in [1.82, 2.24) is 0 Å². The number of rotatable bonds is 9. The third-order valence-corrected chi connectivity index (χ3v) is 4.11. The first-order valence-electron chi connectivity index (χ1n) is 7.03. The number of aryl methyl sites for hydroxylation is 1. The van der Waals surface area contributed by atoms with Crippen molar-refractivity contribution in [3.8, 4) is 0 Å². The number of carbonyl (C=O) groups excluding carboxylic acids is 1. The maximum Gasteiger partial charge on any atom is 0.519 e. The van der Waals surface area contributed by atoms with Gasteiger partial charge in [-0.05, 0) is 13.3 Å². The van der Waals surface area contributed by atoms with Crippen LogP contribution in [0, 0.1) is 6.92 Å². The van der Waals surface area contributed by atoms with Crippen LogP contribution in [0.4, 0.5) is 0 Å². The molecule has 1 heterocycles. The lowest BCUT2D eigenvalue weighted by molar-refractivity contribution is -0.146. The zero-order valence-electron chi connectivity index (χ0n) is 13.0. The Hall–Kier alpha value is -1.94. The number of nitrogens with zero attached hydrogens (tertiary/aromatic N) is 1. The Kier molecular flexibility index (Phi) is 7.17. The number of hydrogen-bond donors (Lipinski definition) is 1. The molecule has 0 unspecified atom stereocenters. The molecule has 0 aliphatic heterocycles. The summed E-state index contributed by atoms with van der Waals surface area (Å²) >= 11 is 0. The summed E-state index contributed by atoms with van der Waals surface area (Å²) in [6.45, 7) is 3.06. The molecule has 0 aliphatic rings. The molecular formula is C13H20N2O7S. The van der Waals surface area contributed by atoms with E-state index in [-0.39, 0.29) is 30.3 Å². The molecule has 1 atom stereocenters. The third kappa shape index (κ3) is 6.78. The summed E-state index contributed by atoms with van der Waals surface area (Å²) in [5.41, 5.74) is 5.58. The van der Waals surface area contributed by atoms with E-state index in [1.54, 1.807) is 0 Å². The average Bonchev–Trinajstić information content (AvgIpc) is 2.80. The van der Waals surface area contributed by atoms with Gasteiger partial charge in [0.05, 0.1) is 5.75 Å². The molecule has 0 bridgehead atoms. The van der Waals surface area contributed by atoms with Crippen LogP contribution in [0.25, 0.3) is 0 Å². The lowest BCUT2D eigenvalue weighted by Crippen LogP contribution is -2.32. The predicted molar refractivity (Wildman–Crippen MR) is 81.6 cm³/mol. The molecule has 2 N–H and O–H groups in total. The first-order valence-corrected chi connectivity index (χ1v) is 8.64. The van der Waals surface area contributed by atoms with Gasteiger partial charge in [-0.3, -0.25) is 4.79 Å². The Labute approximate surface area is 133 Å². The fourth-order valence-corrected chi connectivity index (χ4v) is 2.57. The summed E-state index contributed by atoms with van der Waals surface area (Å²) < 4.78 is 40.5. The van der Waals surface area contributed by atoms with Crippen LogP contribution in [0.3, 0.4) is 0 Å². The Bertz CT molecular complexity index is 702. The summed E-state index contributed by atoms with van der Waals surface area (Å²) in [5.74, 6) is -1.40. The molecule has 1 aromatic rings.